The molecule has 0 atom stereocenters. The maximum Gasteiger partial charge on any atom is 0.256 e. The number of aryl methyl sites for hydroxylation is 1. The molecule has 0 aliphatic heterocycles. The lowest BCUT2D eigenvalue weighted by Crippen LogP contribution is -2.16. The number of ether oxygens (including phenoxy) is 2. The highest BCUT2D eigenvalue weighted by molar-refractivity contribution is 7.91. The molecule has 0 fully saturated rings. The van der Waals surface area contributed by atoms with Gasteiger partial charge in [0.1, 0.15) is 18.1 Å². The van der Waals surface area contributed by atoms with E-state index in [4.69, 9.17) is 9.47 Å². The minimum absolute atomic E-state index is 0.0116. The van der Waals surface area contributed by atoms with Crippen molar-refractivity contribution in [2.45, 2.75) is 25.5 Å². The summed E-state index contributed by atoms with van der Waals surface area (Å²) in [4.78, 5) is 0. The van der Waals surface area contributed by atoms with Crippen molar-refractivity contribution < 1.29 is 17.9 Å². The summed E-state index contributed by atoms with van der Waals surface area (Å²) >= 11 is 0. The summed E-state index contributed by atoms with van der Waals surface area (Å²) in [6.45, 7) is 5.15. The van der Waals surface area contributed by atoms with Crippen molar-refractivity contribution in [1.29, 1.82) is 0 Å². The number of benzene rings is 2. The van der Waals surface area contributed by atoms with Crippen molar-refractivity contribution in [1.82, 2.24) is 19.2 Å². The van der Waals surface area contributed by atoms with Gasteiger partial charge in [0.15, 0.2) is 0 Å². The summed E-state index contributed by atoms with van der Waals surface area (Å²) in [5.41, 5.74) is 1.68. The van der Waals surface area contributed by atoms with Crippen LogP contribution >= 0.6 is 0 Å². The summed E-state index contributed by atoms with van der Waals surface area (Å²) in [5, 5.41) is 8.04. The van der Waals surface area contributed by atoms with E-state index in [1.165, 1.54) is 0 Å². The number of imidazole rings is 1. The van der Waals surface area contributed by atoms with Gasteiger partial charge >= 0.3 is 0 Å². The third-order valence-electron chi connectivity index (χ3n) is 4.62. The van der Waals surface area contributed by atoms with Crippen LogP contribution in [0.25, 0.3) is 16.8 Å². The molecule has 2 aromatic carbocycles. The lowest BCUT2D eigenvalue weighted by atomic mass is 10.3. The fourth-order valence-electron chi connectivity index (χ4n) is 3.31. The van der Waals surface area contributed by atoms with Gasteiger partial charge in [-0.1, -0.05) is 12.1 Å². The van der Waals surface area contributed by atoms with Crippen molar-refractivity contribution in [2.24, 2.45) is 0 Å². The van der Waals surface area contributed by atoms with E-state index in [2.05, 4.69) is 10.2 Å². The predicted octanol–water partition coefficient (Wildman–Crippen LogP) is 2.96. The smallest absolute Gasteiger partial charge is 0.256 e. The van der Waals surface area contributed by atoms with E-state index in [1.807, 2.05) is 42.7 Å². The minimum atomic E-state index is -3.69. The molecule has 2 heterocycles. The first-order chi connectivity index (χ1) is 14.0. The van der Waals surface area contributed by atoms with Gasteiger partial charge in [-0.25, -0.2) is 12.8 Å². The summed E-state index contributed by atoms with van der Waals surface area (Å²) in [7, 11) is -3.69. The Bertz CT molecular complexity index is 1240. The van der Waals surface area contributed by atoms with E-state index in [9.17, 15) is 8.42 Å². The second-order valence-corrected chi connectivity index (χ2v) is 8.43. The first kappa shape index (κ1) is 19.3. The Balaban J connectivity index is 1.57. The molecule has 0 amide bonds. The van der Waals surface area contributed by atoms with Crippen LogP contribution in [0.2, 0.25) is 0 Å². The Labute approximate surface area is 168 Å². The molecule has 4 aromatic rings. The van der Waals surface area contributed by atoms with Crippen LogP contribution in [0.15, 0.2) is 53.7 Å². The standard InChI is InChI=1S/C20H22N4O4S/c1-3-23-17-7-5-6-8-18(17)24-19(23)21-22-20(24)29(25,26)14-13-28-16-11-9-15(10-12-16)27-4-2/h5-12H,3-4,13-14H2,1-2H3. The SMILES string of the molecule is CCOc1ccc(OCCS(=O)(=O)c2nnc3n(CC)c4ccccc4n23)cc1. The van der Waals surface area contributed by atoms with Crippen LogP contribution in [0.3, 0.4) is 0 Å². The van der Waals surface area contributed by atoms with E-state index in [-0.39, 0.29) is 17.5 Å². The van der Waals surface area contributed by atoms with Crippen LogP contribution < -0.4 is 9.47 Å². The third kappa shape index (κ3) is 3.53. The fraction of sp³-hybridized carbons (Fsp3) is 0.300. The molecular formula is C20H22N4O4S. The fourth-order valence-corrected chi connectivity index (χ4v) is 4.42. The number of fused-ring (bicyclic) bond motifs is 3. The molecule has 0 radical (unpaired) electrons. The molecule has 0 bridgehead atoms. The van der Waals surface area contributed by atoms with Gasteiger partial charge in [-0.15, -0.1) is 10.2 Å². The molecule has 0 aliphatic rings. The summed E-state index contributed by atoms with van der Waals surface area (Å²) in [5.74, 6) is 1.63. The molecule has 4 rings (SSSR count). The first-order valence-electron chi connectivity index (χ1n) is 9.46. The molecule has 2 aromatic heterocycles. The topological polar surface area (TPSA) is 87.7 Å². The number of hydrogen-bond acceptors (Lipinski definition) is 6. The van der Waals surface area contributed by atoms with Gasteiger partial charge in [0.2, 0.25) is 15.6 Å². The molecule has 0 unspecified atom stereocenters. The average Bonchev–Trinajstić information content (AvgIpc) is 3.28. The normalized spacial score (nSPS) is 11.9. The Morgan fingerprint density at radius 2 is 1.55 bits per heavy atom. The Morgan fingerprint density at radius 3 is 2.21 bits per heavy atom. The van der Waals surface area contributed by atoms with E-state index in [0.29, 0.717) is 24.7 Å². The van der Waals surface area contributed by atoms with Gasteiger partial charge in [-0.2, -0.15) is 0 Å². The van der Waals surface area contributed by atoms with E-state index in [1.54, 1.807) is 28.7 Å². The third-order valence-corrected chi connectivity index (χ3v) is 6.15. The van der Waals surface area contributed by atoms with Crippen molar-refractivity contribution in [3.63, 3.8) is 0 Å². The van der Waals surface area contributed by atoms with Crippen LogP contribution in [0.1, 0.15) is 13.8 Å². The van der Waals surface area contributed by atoms with Gasteiger partial charge in [-0.05, 0) is 50.2 Å². The number of hydrogen-bond donors (Lipinski definition) is 0. The Hall–Kier alpha value is -3.07. The zero-order chi connectivity index (χ0) is 20.4. The molecule has 0 N–H and O–H groups in total. The van der Waals surface area contributed by atoms with Crippen molar-refractivity contribution in [2.75, 3.05) is 19.0 Å². The largest absolute Gasteiger partial charge is 0.494 e. The molecular weight excluding hydrogens is 392 g/mol. The second-order valence-electron chi connectivity index (χ2n) is 6.42. The highest BCUT2D eigenvalue weighted by atomic mass is 32.2. The summed E-state index contributed by atoms with van der Waals surface area (Å²) in [6.07, 6.45) is 0. The predicted molar refractivity (Wildman–Crippen MR) is 109 cm³/mol. The lowest BCUT2D eigenvalue weighted by Gasteiger charge is -2.08. The molecule has 0 saturated heterocycles. The van der Waals surface area contributed by atoms with Crippen molar-refractivity contribution in [3.05, 3.63) is 48.5 Å². The monoisotopic (exact) mass is 414 g/mol. The van der Waals surface area contributed by atoms with Gasteiger partial charge in [-0.3, -0.25) is 0 Å². The first-order valence-corrected chi connectivity index (χ1v) is 11.1. The second kappa shape index (κ2) is 7.75. The van der Waals surface area contributed by atoms with Crippen LogP contribution in [-0.2, 0) is 16.4 Å². The molecule has 0 aliphatic carbocycles. The van der Waals surface area contributed by atoms with Gasteiger partial charge in [0.05, 0.1) is 23.4 Å². The Kier molecular flexibility index (Phi) is 5.14. The van der Waals surface area contributed by atoms with E-state index < -0.39 is 9.84 Å². The molecule has 29 heavy (non-hydrogen) atoms. The quantitative estimate of drug-likeness (QED) is 0.441. The van der Waals surface area contributed by atoms with Gasteiger partial charge in [0, 0.05) is 6.54 Å². The van der Waals surface area contributed by atoms with E-state index in [0.717, 1.165) is 16.8 Å². The maximum atomic E-state index is 12.9. The Morgan fingerprint density at radius 1 is 0.897 bits per heavy atom. The molecule has 0 saturated carbocycles. The van der Waals surface area contributed by atoms with Crippen molar-refractivity contribution >= 4 is 26.6 Å². The zero-order valence-electron chi connectivity index (χ0n) is 16.3. The van der Waals surface area contributed by atoms with Crippen LogP contribution in [-0.4, -0.2) is 46.5 Å². The van der Waals surface area contributed by atoms with Gasteiger partial charge < -0.3 is 14.0 Å². The molecule has 8 nitrogen and oxygen atoms in total. The average molecular weight is 414 g/mol. The number of rotatable bonds is 8. The summed E-state index contributed by atoms with van der Waals surface area (Å²) in [6, 6.07) is 14.7. The number of para-hydroxylation sites is 2. The number of sulfone groups is 1. The number of aromatic nitrogens is 4. The minimum Gasteiger partial charge on any atom is -0.494 e. The summed E-state index contributed by atoms with van der Waals surface area (Å²) < 4.78 is 40.4. The van der Waals surface area contributed by atoms with Gasteiger partial charge in [0.25, 0.3) is 5.16 Å². The van der Waals surface area contributed by atoms with Crippen LogP contribution in [0, 0.1) is 0 Å². The molecule has 9 heteroatoms. The van der Waals surface area contributed by atoms with E-state index >= 15 is 0 Å². The highest BCUT2D eigenvalue weighted by Crippen LogP contribution is 2.23. The molecule has 0 spiro atoms. The zero-order valence-corrected chi connectivity index (χ0v) is 17.1. The maximum absolute atomic E-state index is 12.9. The lowest BCUT2D eigenvalue weighted by molar-refractivity contribution is 0.330. The van der Waals surface area contributed by atoms with Crippen LogP contribution in [0.4, 0.5) is 0 Å². The molecule has 152 valence electrons. The number of nitrogens with zero attached hydrogens (tertiary/aromatic N) is 4. The van der Waals surface area contributed by atoms with Crippen molar-refractivity contribution in [3.8, 4) is 11.5 Å². The highest BCUT2D eigenvalue weighted by Gasteiger charge is 2.25. The van der Waals surface area contributed by atoms with Crippen LogP contribution in [0.5, 0.6) is 11.5 Å².